The summed E-state index contributed by atoms with van der Waals surface area (Å²) < 4.78 is 1.29. The first-order chi connectivity index (χ1) is 9.11. The maximum absolute atomic E-state index is 12.2. The van der Waals surface area contributed by atoms with E-state index in [9.17, 15) is 14.9 Å². The molecule has 9 heteroatoms. The second-order valence-corrected chi connectivity index (χ2v) is 4.63. The Morgan fingerprint density at radius 2 is 2.30 bits per heavy atom. The summed E-state index contributed by atoms with van der Waals surface area (Å²) in [4.78, 5) is 23.9. The number of halogens is 1. The van der Waals surface area contributed by atoms with Gasteiger partial charge in [0.25, 0.3) is 0 Å². The third kappa shape index (κ3) is 3.67. The van der Waals surface area contributed by atoms with Crippen molar-refractivity contribution in [1.82, 2.24) is 14.7 Å². The van der Waals surface area contributed by atoms with Crippen molar-refractivity contribution < 1.29 is 9.72 Å². The van der Waals surface area contributed by atoms with Crippen LogP contribution in [0.3, 0.4) is 0 Å². The van der Waals surface area contributed by atoms with Crippen LogP contribution in [0.4, 0.5) is 5.69 Å². The van der Waals surface area contributed by atoms with Crippen LogP contribution in [0, 0.1) is 10.1 Å². The van der Waals surface area contributed by atoms with Crippen molar-refractivity contribution in [1.29, 1.82) is 0 Å². The molecule has 1 aromatic heterocycles. The minimum Gasteiger partial charge on any atom is -0.337 e. The fourth-order valence-corrected chi connectivity index (χ4v) is 2.34. The number of piperidine rings is 1. The van der Waals surface area contributed by atoms with E-state index in [4.69, 9.17) is 5.73 Å². The number of carbonyl (C=O) groups is 1. The summed E-state index contributed by atoms with van der Waals surface area (Å²) in [6, 6.07) is 0.0757. The Morgan fingerprint density at radius 3 is 2.90 bits per heavy atom. The molecule has 1 aliphatic heterocycles. The molecule has 1 saturated heterocycles. The monoisotopic (exact) mass is 303 g/mol. The number of likely N-dealkylation sites (tertiary alicyclic amines) is 1. The minimum atomic E-state index is -0.530. The van der Waals surface area contributed by atoms with E-state index in [0.29, 0.717) is 13.1 Å². The highest BCUT2D eigenvalue weighted by Gasteiger charge is 2.26. The molecule has 2 rings (SSSR count). The molecule has 1 fully saturated rings. The molecule has 1 aromatic rings. The lowest BCUT2D eigenvalue weighted by atomic mass is 10.0. The number of aromatic nitrogens is 2. The van der Waals surface area contributed by atoms with Gasteiger partial charge < -0.3 is 10.6 Å². The van der Waals surface area contributed by atoms with E-state index in [1.165, 1.54) is 10.9 Å². The molecule has 0 aliphatic carbocycles. The molecule has 1 aliphatic rings. The van der Waals surface area contributed by atoms with Crippen molar-refractivity contribution >= 4 is 24.0 Å². The van der Waals surface area contributed by atoms with Gasteiger partial charge in [-0.05, 0) is 19.3 Å². The van der Waals surface area contributed by atoms with Crippen LogP contribution in [-0.2, 0) is 11.3 Å². The second kappa shape index (κ2) is 7.20. The van der Waals surface area contributed by atoms with Gasteiger partial charge in [-0.25, -0.2) is 0 Å². The van der Waals surface area contributed by atoms with Crippen molar-refractivity contribution in [2.75, 3.05) is 13.1 Å². The zero-order valence-corrected chi connectivity index (χ0v) is 11.8. The van der Waals surface area contributed by atoms with Gasteiger partial charge in [0.05, 0.1) is 4.92 Å². The molecule has 0 saturated carbocycles. The van der Waals surface area contributed by atoms with Crippen LogP contribution in [0.25, 0.3) is 0 Å². The molecule has 20 heavy (non-hydrogen) atoms. The van der Waals surface area contributed by atoms with Gasteiger partial charge >= 0.3 is 5.69 Å². The lowest BCUT2D eigenvalue weighted by molar-refractivity contribution is -0.385. The first-order valence-corrected chi connectivity index (χ1v) is 6.28. The predicted octanol–water partition coefficient (Wildman–Crippen LogP) is 0.553. The van der Waals surface area contributed by atoms with Gasteiger partial charge in [0.1, 0.15) is 18.9 Å². The highest BCUT2D eigenvalue weighted by Crippen LogP contribution is 2.17. The molecular formula is C11H18ClN5O3. The summed E-state index contributed by atoms with van der Waals surface area (Å²) in [7, 11) is 0. The topological polar surface area (TPSA) is 107 Å². The molecule has 0 bridgehead atoms. The van der Waals surface area contributed by atoms with E-state index < -0.39 is 4.92 Å². The molecule has 2 N–H and O–H groups in total. The Balaban J connectivity index is 0.00000200. The Kier molecular flexibility index (Phi) is 5.90. The van der Waals surface area contributed by atoms with Crippen LogP contribution < -0.4 is 5.73 Å². The lowest BCUT2D eigenvalue weighted by Crippen LogP contribution is -2.48. The Morgan fingerprint density at radius 1 is 1.55 bits per heavy atom. The second-order valence-electron chi connectivity index (χ2n) is 4.63. The molecule has 1 atom stereocenters. The molecule has 1 unspecified atom stereocenters. The summed E-state index contributed by atoms with van der Waals surface area (Å²) in [5, 5.41) is 14.4. The van der Waals surface area contributed by atoms with Gasteiger partial charge in [0, 0.05) is 19.1 Å². The van der Waals surface area contributed by atoms with Gasteiger partial charge in [-0.1, -0.05) is 0 Å². The highest BCUT2D eigenvalue weighted by atomic mass is 35.5. The fraction of sp³-hybridized carbons (Fsp3) is 0.636. The average molecular weight is 304 g/mol. The summed E-state index contributed by atoms with van der Waals surface area (Å²) in [5.74, 6) is -0.0897. The van der Waals surface area contributed by atoms with Crippen molar-refractivity contribution in [2.45, 2.75) is 31.8 Å². The third-order valence-corrected chi connectivity index (χ3v) is 3.35. The molecular weight excluding hydrogens is 286 g/mol. The van der Waals surface area contributed by atoms with Gasteiger partial charge in [-0.15, -0.1) is 12.4 Å². The zero-order valence-electron chi connectivity index (χ0n) is 11.0. The van der Waals surface area contributed by atoms with Crippen LogP contribution in [0.1, 0.15) is 19.3 Å². The minimum absolute atomic E-state index is 0. The summed E-state index contributed by atoms with van der Waals surface area (Å²) in [6.07, 6.45) is 5.38. The van der Waals surface area contributed by atoms with E-state index in [-0.39, 0.29) is 36.6 Å². The van der Waals surface area contributed by atoms with Gasteiger partial charge in [-0.2, -0.15) is 5.10 Å². The van der Waals surface area contributed by atoms with E-state index in [2.05, 4.69) is 5.10 Å². The first kappa shape index (κ1) is 16.4. The first-order valence-electron chi connectivity index (χ1n) is 6.28. The third-order valence-electron chi connectivity index (χ3n) is 3.35. The fourth-order valence-electron chi connectivity index (χ4n) is 2.34. The number of rotatable bonds is 4. The molecule has 2 heterocycles. The Bertz CT molecular complexity index is 478. The summed E-state index contributed by atoms with van der Waals surface area (Å²) >= 11 is 0. The zero-order chi connectivity index (χ0) is 13.8. The molecule has 1 amide bonds. The largest absolute Gasteiger partial charge is 0.337 e. The quantitative estimate of drug-likeness (QED) is 0.645. The smallest absolute Gasteiger partial charge is 0.307 e. The maximum Gasteiger partial charge on any atom is 0.307 e. The van der Waals surface area contributed by atoms with E-state index in [0.717, 1.165) is 25.5 Å². The SMILES string of the molecule is Cl.NCC1CCCCN1C(=O)Cn1cc([N+](=O)[O-])cn1. The number of nitro groups is 1. The van der Waals surface area contributed by atoms with Gasteiger partial charge in [0.2, 0.25) is 5.91 Å². The van der Waals surface area contributed by atoms with Crippen LogP contribution >= 0.6 is 12.4 Å². The normalized spacial score (nSPS) is 18.4. The van der Waals surface area contributed by atoms with Crippen LogP contribution in [0.2, 0.25) is 0 Å². The number of hydrogen-bond acceptors (Lipinski definition) is 5. The van der Waals surface area contributed by atoms with E-state index in [1.807, 2.05) is 0 Å². The number of carbonyl (C=O) groups excluding carboxylic acids is 1. The number of amides is 1. The number of nitrogens with two attached hydrogens (primary N) is 1. The van der Waals surface area contributed by atoms with E-state index in [1.54, 1.807) is 4.90 Å². The van der Waals surface area contributed by atoms with Crippen molar-refractivity contribution in [2.24, 2.45) is 5.73 Å². The molecule has 0 radical (unpaired) electrons. The van der Waals surface area contributed by atoms with Gasteiger partial charge in [0.15, 0.2) is 0 Å². The molecule has 0 spiro atoms. The predicted molar refractivity (Wildman–Crippen MR) is 74.5 cm³/mol. The lowest BCUT2D eigenvalue weighted by Gasteiger charge is -2.35. The number of nitrogens with zero attached hydrogens (tertiary/aromatic N) is 4. The van der Waals surface area contributed by atoms with E-state index >= 15 is 0 Å². The summed E-state index contributed by atoms with van der Waals surface area (Å²) in [5.41, 5.74) is 5.55. The van der Waals surface area contributed by atoms with Crippen LogP contribution in [0.15, 0.2) is 12.4 Å². The Hall–Kier alpha value is -1.67. The highest BCUT2D eigenvalue weighted by molar-refractivity contribution is 5.85. The van der Waals surface area contributed by atoms with Gasteiger partial charge in [-0.3, -0.25) is 19.6 Å². The Labute approximate surface area is 122 Å². The molecule has 0 aromatic carbocycles. The van der Waals surface area contributed by atoms with Crippen molar-refractivity contribution in [3.8, 4) is 0 Å². The average Bonchev–Trinajstić information content (AvgIpc) is 2.87. The van der Waals surface area contributed by atoms with Crippen molar-refractivity contribution in [3.05, 3.63) is 22.5 Å². The summed E-state index contributed by atoms with van der Waals surface area (Å²) in [6.45, 7) is 1.17. The van der Waals surface area contributed by atoms with Crippen molar-refractivity contribution in [3.63, 3.8) is 0 Å². The maximum atomic E-state index is 12.2. The molecule has 112 valence electrons. The van der Waals surface area contributed by atoms with Crippen LogP contribution in [0.5, 0.6) is 0 Å². The standard InChI is InChI=1S/C11H17N5O3.ClH/c12-5-9-3-1-2-4-15(9)11(17)8-14-7-10(6-13-14)16(18)19;/h6-7,9H,1-5,8,12H2;1H. The van der Waals surface area contributed by atoms with Crippen LogP contribution in [-0.4, -0.2) is 44.6 Å². The number of hydrogen-bond donors (Lipinski definition) is 1. The molecule has 8 nitrogen and oxygen atoms in total.